The second kappa shape index (κ2) is 7.73. The van der Waals surface area contributed by atoms with Crippen LogP contribution in [0.5, 0.6) is 0 Å². The van der Waals surface area contributed by atoms with Crippen molar-refractivity contribution in [2.45, 2.75) is 56.7 Å². The largest absolute Gasteiger partial charge is 0.374 e. The van der Waals surface area contributed by atoms with Gasteiger partial charge in [0.1, 0.15) is 11.7 Å². The molecule has 1 aromatic heterocycles. The Balaban J connectivity index is 1.21. The van der Waals surface area contributed by atoms with Gasteiger partial charge >= 0.3 is 5.69 Å². The maximum absolute atomic E-state index is 12.8. The lowest BCUT2D eigenvalue weighted by Gasteiger charge is -2.71. The smallest absolute Gasteiger partial charge is 0.330 e. The number of aromatic amines is 1. The van der Waals surface area contributed by atoms with Crippen molar-refractivity contribution in [3.05, 3.63) is 104 Å². The SMILES string of the molecule is Cc1cn([C@@H]2O[C@]3(COCc4ccccc4)C4C2OC4(OCc2ccccc2)C32CC2)c(=O)[nH]c1=O. The first-order valence-electron chi connectivity index (χ1n) is 12.5. The van der Waals surface area contributed by atoms with Gasteiger partial charge in [0.25, 0.3) is 5.56 Å². The fourth-order valence-electron chi connectivity index (χ4n) is 6.75. The van der Waals surface area contributed by atoms with Crippen molar-refractivity contribution in [1.29, 1.82) is 0 Å². The molecule has 2 aliphatic carbocycles. The van der Waals surface area contributed by atoms with E-state index in [1.54, 1.807) is 13.1 Å². The molecule has 0 radical (unpaired) electrons. The van der Waals surface area contributed by atoms with E-state index in [0.717, 1.165) is 24.0 Å². The average Bonchev–Trinajstić information content (AvgIpc) is 3.67. The number of nitrogens with zero attached hydrogens (tertiary/aromatic N) is 1. The van der Waals surface area contributed by atoms with Crippen LogP contribution < -0.4 is 11.2 Å². The molecule has 1 N–H and O–H groups in total. The summed E-state index contributed by atoms with van der Waals surface area (Å²) in [5.74, 6) is -0.824. The molecule has 2 saturated carbocycles. The van der Waals surface area contributed by atoms with Crippen LogP contribution in [0.4, 0.5) is 0 Å². The highest BCUT2D eigenvalue weighted by atomic mass is 16.8. The second-order valence-electron chi connectivity index (χ2n) is 10.4. The summed E-state index contributed by atoms with van der Waals surface area (Å²) in [7, 11) is 0. The third-order valence-electron chi connectivity index (χ3n) is 8.53. The lowest BCUT2D eigenvalue weighted by molar-refractivity contribution is -0.495. The summed E-state index contributed by atoms with van der Waals surface area (Å²) < 4.78 is 27.6. The Morgan fingerprint density at radius 1 is 0.972 bits per heavy atom. The maximum atomic E-state index is 12.8. The van der Waals surface area contributed by atoms with Crippen molar-refractivity contribution in [2.75, 3.05) is 6.61 Å². The normalized spacial score (nSPS) is 32.5. The first kappa shape index (κ1) is 22.2. The van der Waals surface area contributed by atoms with Gasteiger partial charge < -0.3 is 18.9 Å². The quantitative estimate of drug-likeness (QED) is 0.524. The fraction of sp³-hybridized carbons (Fsp3) is 0.429. The summed E-state index contributed by atoms with van der Waals surface area (Å²) in [5, 5.41) is 0. The van der Waals surface area contributed by atoms with Crippen molar-refractivity contribution in [1.82, 2.24) is 9.55 Å². The van der Waals surface area contributed by atoms with Gasteiger partial charge in [0.15, 0.2) is 12.0 Å². The van der Waals surface area contributed by atoms with Crippen LogP contribution in [0.15, 0.2) is 76.4 Å². The van der Waals surface area contributed by atoms with E-state index in [1.165, 1.54) is 4.57 Å². The number of hydrogen-bond donors (Lipinski definition) is 1. The number of aromatic nitrogens is 2. The molecule has 4 aliphatic rings. The van der Waals surface area contributed by atoms with Crippen LogP contribution in [0.3, 0.4) is 0 Å². The molecule has 3 unspecified atom stereocenters. The molecular weight excluding hydrogens is 460 g/mol. The highest BCUT2D eigenvalue weighted by Crippen LogP contribution is 2.86. The maximum Gasteiger partial charge on any atom is 0.330 e. The van der Waals surface area contributed by atoms with E-state index in [4.69, 9.17) is 18.9 Å². The Morgan fingerprint density at radius 3 is 2.31 bits per heavy atom. The van der Waals surface area contributed by atoms with Crippen LogP contribution in [0.1, 0.15) is 35.8 Å². The van der Waals surface area contributed by atoms with Crippen LogP contribution in [0.2, 0.25) is 0 Å². The molecule has 8 heteroatoms. The Labute approximate surface area is 207 Å². The van der Waals surface area contributed by atoms with Gasteiger partial charge in [0.2, 0.25) is 0 Å². The topological polar surface area (TPSA) is 91.8 Å². The standard InChI is InChI=1S/C28H28N2O6/c1-18-14-30(25(32)29-23(18)31)24-21-22-27(36-24,17-33-15-19-8-4-2-5-9-19)26(12-13-26)28(22,35-21)34-16-20-10-6-3-7-11-20/h2-11,14,21-22,24H,12-13,15-17H2,1H3,(H,29,31,32)/t21?,22?,24-,27-,28?/m1/s1. The van der Waals surface area contributed by atoms with Crippen molar-refractivity contribution in [2.24, 2.45) is 11.3 Å². The highest BCUT2D eigenvalue weighted by Gasteiger charge is 2.97. The molecular formula is C28H28N2O6. The van der Waals surface area contributed by atoms with E-state index >= 15 is 0 Å². The summed E-state index contributed by atoms with van der Waals surface area (Å²) in [4.78, 5) is 27.1. The Morgan fingerprint density at radius 2 is 1.64 bits per heavy atom. The number of rotatable bonds is 8. The monoisotopic (exact) mass is 488 g/mol. The molecule has 36 heavy (non-hydrogen) atoms. The van der Waals surface area contributed by atoms with Crippen LogP contribution in [-0.4, -0.2) is 33.7 Å². The zero-order chi connectivity index (χ0) is 24.5. The minimum atomic E-state index is -0.751. The zero-order valence-electron chi connectivity index (χ0n) is 20.0. The summed E-state index contributed by atoms with van der Waals surface area (Å²) in [6.45, 7) is 2.97. The second-order valence-corrected chi connectivity index (χ2v) is 10.4. The van der Waals surface area contributed by atoms with Crippen LogP contribution in [-0.2, 0) is 32.2 Å². The predicted octanol–water partition coefficient (Wildman–Crippen LogP) is 3.05. The Kier molecular flexibility index (Phi) is 4.76. The van der Waals surface area contributed by atoms with Gasteiger partial charge in [-0.15, -0.1) is 0 Å². The van der Waals surface area contributed by atoms with Gasteiger partial charge in [-0.25, -0.2) is 4.79 Å². The molecule has 1 spiro atoms. The number of aryl methyl sites for hydroxylation is 1. The van der Waals surface area contributed by atoms with Gasteiger partial charge in [-0.3, -0.25) is 14.3 Å². The van der Waals surface area contributed by atoms with Crippen molar-refractivity contribution >= 4 is 0 Å². The number of H-pyrrole nitrogens is 1. The lowest BCUT2D eigenvalue weighted by atomic mass is 9.49. The molecule has 186 valence electrons. The van der Waals surface area contributed by atoms with E-state index in [9.17, 15) is 9.59 Å². The van der Waals surface area contributed by atoms with E-state index in [-0.39, 0.29) is 17.4 Å². The van der Waals surface area contributed by atoms with Crippen LogP contribution in [0.25, 0.3) is 0 Å². The molecule has 7 rings (SSSR count). The van der Waals surface area contributed by atoms with Gasteiger partial charge in [-0.2, -0.15) is 0 Å². The molecule has 8 nitrogen and oxygen atoms in total. The van der Waals surface area contributed by atoms with Gasteiger partial charge in [0.05, 0.1) is 31.2 Å². The van der Waals surface area contributed by atoms with Crippen LogP contribution >= 0.6 is 0 Å². The van der Waals surface area contributed by atoms with Crippen molar-refractivity contribution < 1.29 is 18.9 Å². The van der Waals surface area contributed by atoms with E-state index < -0.39 is 28.9 Å². The average molecular weight is 489 g/mol. The molecule has 3 heterocycles. The summed E-state index contributed by atoms with van der Waals surface area (Å²) in [6, 6.07) is 20.1. The highest BCUT2D eigenvalue weighted by molar-refractivity contribution is 5.39. The third kappa shape index (κ3) is 2.84. The van der Waals surface area contributed by atoms with Crippen molar-refractivity contribution in [3.63, 3.8) is 0 Å². The lowest BCUT2D eigenvalue weighted by Crippen LogP contribution is -2.85. The summed E-state index contributed by atoms with van der Waals surface area (Å²) >= 11 is 0. The van der Waals surface area contributed by atoms with Crippen molar-refractivity contribution in [3.8, 4) is 0 Å². The number of ether oxygens (including phenoxy) is 4. The van der Waals surface area contributed by atoms with E-state index in [1.807, 2.05) is 60.7 Å². The first-order chi connectivity index (χ1) is 17.5. The Bertz CT molecular complexity index is 1420. The third-order valence-corrected chi connectivity index (χ3v) is 8.53. The fourth-order valence-corrected chi connectivity index (χ4v) is 6.75. The summed E-state index contributed by atoms with van der Waals surface area (Å²) in [5.41, 5.74) is 0.778. The number of fused-ring (bicyclic) bond motifs is 2. The van der Waals surface area contributed by atoms with Gasteiger partial charge in [-0.05, 0) is 30.9 Å². The van der Waals surface area contributed by atoms with E-state index in [2.05, 4.69) is 4.98 Å². The van der Waals surface area contributed by atoms with E-state index in [0.29, 0.717) is 25.4 Å². The van der Waals surface area contributed by atoms with Gasteiger partial charge in [-0.1, -0.05) is 60.7 Å². The number of hydrogen-bond acceptors (Lipinski definition) is 6. The number of nitrogens with one attached hydrogen (secondary N) is 1. The van der Waals surface area contributed by atoms with Gasteiger partial charge in [0, 0.05) is 11.8 Å². The molecule has 5 atom stereocenters. The minimum absolute atomic E-state index is 0.0730. The van der Waals surface area contributed by atoms with Crippen LogP contribution in [0, 0.1) is 18.3 Å². The number of benzene rings is 2. The first-order valence-corrected chi connectivity index (χ1v) is 12.5. The molecule has 4 fully saturated rings. The minimum Gasteiger partial charge on any atom is -0.374 e. The molecule has 2 saturated heterocycles. The molecule has 3 aromatic rings. The Hall–Kier alpha value is -3.04. The molecule has 2 aliphatic heterocycles. The predicted molar refractivity (Wildman–Crippen MR) is 129 cm³/mol. The molecule has 0 bridgehead atoms. The summed E-state index contributed by atoms with van der Waals surface area (Å²) in [6.07, 6.45) is 2.35. The zero-order valence-corrected chi connectivity index (χ0v) is 20.0. The molecule has 2 aromatic carbocycles. The molecule has 0 amide bonds.